The quantitative estimate of drug-likeness (QED) is 0.889. The molecule has 0 unspecified atom stereocenters. The first-order valence-corrected chi connectivity index (χ1v) is 8.36. The van der Waals surface area contributed by atoms with Gasteiger partial charge in [0.15, 0.2) is 0 Å². The molecule has 1 aliphatic carbocycles. The third-order valence-corrected chi connectivity index (χ3v) is 4.75. The normalized spacial score (nSPS) is 19.6. The molecule has 0 heterocycles. The maximum Gasteiger partial charge on any atom is 0.308 e. The Kier molecular flexibility index (Phi) is 4.83. The number of hydrogen-bond donors (Lipinski definition) is 2. The molecule has 130 valence electrons. The third kappa shape index (κ3) is 3.71. The Hall–Kier alpha value is -2.69. The maximum atomic E-state index is 14.4. The molecule has 2 aromatic rings. The predicted octanol–water partition coefficient (Wildman–Crippen LogP) is 3.78. The Morgan fingerprint density at radius 1 is 1.08 bits per heavy atom. The molecule has 0 aliphatic heterocycles. The van der Waals surface area contributed by atoms with Crippen LogP contribution in [0.15, 0.2) is 42.5 Å². The lowest BCUT2D eigenvalue weighted by atomic mass is 10.0. The van der Waals surface area contributed by atoms with E-state index in [0.29, 0.717) is 18.4 Å². The Morgan fingerprint density at radius 3 is 2.40 bits per heavy atom. The number of carbonyl (C=O) groups is 2. The van der Waals surface area contributed by atoms with Gasteiger partial charge in [-0.1, -0.05) is 42.3 Å². The molecule has 0 saturated heterocycles. The summed E-state index contributed by atoms with van der Waals surface area (Å²) in [6.07, 6.45) is 1.89. The molecular formula is C20H20FNO3. The molecular weight excluding hydrogens is 321 g/mol. The minimum absolute atomic E-state index is 0.0631. The zero-order valence-electron chi connectivity index (χ0n) is 14.0. The second kappa shape index (κ2) is 7.05. The summed E-state index contributed by atoms with van der Waals surface area (Å²) in [6.45, 7) is 1.98. The lowest BCUT2D eigenvalue weighted by Crippen LogP contribution is -2.40. The molecule has 0 aromatic heterocycles. The van der Waals surface area contributed by atoms with E-state index in [-0.39, 0.29) is 5.56 Å². The molecule has 0 spiro atoms. The van der Waals surface area contributed by atoms with Crippen LogP contribution in [0.2, 0.25) is 0 Å². The van der Waals surface area contributed by atoms with Crippen molar-refractivity contribution >= 4 is 11.9 Å². The summed E-state index contributed by atoms with van der Waals surface area (Å²) in [5.74, 6) is -2.69. The van der Waals surface area contributed by atoms with Gasteiger partial charge in [0.25, 0.3) is 5.91 Å². The van der Waals surface area contributed by atoms with E-state index in [1.54, 1.807) is 6.07 Å². The SMILES string of the molecule is Cc1ccc(-c2ccc(C(=O)N[C@@H]3CCC[C@@H]3C(=O)O)c(F)c2)cc1. The third-order valence-electron chi connectivity index (χ3n) is 4.75. The van der Waals surface area contributed by atoms with Gasteiger partial charge in [-0.2, -0.15) is 0 Å². The summed E-state index contributed by atoms with van der Waals surface area (Å²) in [6, 6.07) is 11.7. The number of benzene rings is 2. The van der Waals surface area contributed by atoms with E-state index < -0.39 is 29.7 Å². The van der Waals surface area contributed by atoms with Crippen molar-refractivity contribution in [1.29, 1.82) is 0 Å². The van der Waals surface area contributed by atoms with Crippen LogP contribution < -0.4 is 5.32 Å². The molecule has 1 amide bonds. The molecule has 3 rings (SSSR count). The number of rotatable bonds is 4. The van der Waals surface area contributed by atoms with E-state index in [2.05, 4.69) is 5.32 Å². The van der Waals surface area contributed by atoms with Gasteiger partial charge in [0.1, 0.15) is 5.82 Å². The van der Waals surface area contributed by atoms with Gasteiger partial charge in [0.2, 0.25) is 0 Å². The minimum atomic E-state index is -0.919. The van der Waals surface area contributed by atoms with Crippen molar-refractivity contribution in [3.8, 4) is 11.1 Å². The van der Waals surface area contributed by atoms with Crippen LogP contribution in [0.25, 0.3) is 11.1 Å². The van der Waals surface area contributed by atoms with Crippen LogP contribution in [-0.4, -0.2) is 23.0 Å². The maximum absolute atomic E-state index is 14.4. The zero-order valence-corrected chi connectivity index (χ0v) is 14.0. The average Bonchev–Trinajstić information content (AvgIpc) is 3.03. The largest absolute Gasteiger partial charge is 0.481 e. The van der Waals surface area contributed by atoms with E-state index >= 15 is 0 Å². The van der Waals surface area contributed by atoms with Crippen molar-refractivity contribution in [3.05, 3.63) is 59.4 Å². The first-order valence-electron chi connectivity index (χ1n) is 8.36. The van der Waals surface area contributed by atoms with Crippen molar-refractivity contribution in [2.45, 2.75) is 32.2 Å². The number of nitrogens with one attached hydrogen (secondary N) is 1. The predicted molar refractivity (Wildman–Crippen MR) is 92.8 cm³/mol. The van der Waals surface area contributed by atoms with E-state index in [4.69, 9.17) is 0 Å². The molecule has 0 radical (unpaired) electrons. The molecule has 25 heavy (non-hydrogen) atoms. The molecule has 2 atom stereocenters. The number of carboxylic acids is 1. The summed E-state index contributed by atoms with van der Waals surface area (Å²) in [5.41, 5.74) is 2.62. The molecule has 4 nitrogen and oxygen atoms in total. The lowest BCUT2D eigenvalue weighted by molar-refractivity contribution is -0.142. The summed E-state index contributed by atoms with van der Waals surface area (Å²) in [5, 5.41) is 11.9. The van der Waals surface area contributed by atoms with Crippen LogP contribution in [0, 0.1) is 18.7 Å². The Bertz CT molecular complexity index is 801. The summed E-state index contributed by atoms with van der Waals surface area (Å²) in [4.78, 5) is 23.5. The highest BCUT2D eigenvalue weighted by Gasteiger charge is 2.34. The van der Waals surface area contributed by atoms with E-state index in [1.807, 2.05) is 31.2 Å². The molecule has 2 N–H and O–H groups in total. The van der Waals surface area contributed by atoms with Crippen LogP contribution in [0.3, 0.4) is 0 Å². The topological polar surface area (TPSA) is 66.4 Å². The molecule has 1 saturated carbocycles. The van der Waals surface area contributed by atoms with Gasteiger partial charge < -0.3 is 10.4 Å². The fraction of sp³-hybridized carbons (Fsp3) is 0.300. The fourth-order valence-corrected chi connectivity index (χ4v) is 3.30. The van der Waals surface area contributed by atoms with Gasteiger partial charge in [0.05, 0.1) is 11.5 Å². The standard InChI is InChI=1S/C20H20FNO3/c1-12-5-7-13(8-6-12)14-9-10-15(17(21)11-14)19(23)22-18-4-2-3-16(18)20(24)25/h5-11,16,18H,2-4H2,1H3,(H,22,23)(H,24,25)/t16-,18+/m0/s1. The van der Waals surface area contributed by atoms with Crippen LogP contribution >= 0.6 is 0 Å². The van der Waals surface area contributed by atoms with Crippen molar-refractivity contribution in [1.82, 2.24) is 5.32 Å². The van der Waals surface area contributed by atoms with E-state index in [9.17, 15) is 19.1 Å². The number of carbonyl (C=O) groups excluding carboxylic acids is 1. The van der Waals surface area contributed by atoms with E-state index in [0.717, 1.165) is 17.5 Å². The summed E-state index contributed by atoms with van der Waals surface area (Å²) < 4.78 is 14.4. The van der Waals surface area contributed by atoms with Crippen LogP contribution in [-0.2, 0) is 4.79 Å². The zero-order chi connectivity index (χ0) is 18.0. The Labute approximate surface area is 145 Å². The molecule has 0 bridgehead atoms. The average molecular weight is 341 g/mol. The molecule has 1 fully saturated rings. The van der Waals surface area contributed by atoms with Crippen LogP contribution in [0.4, 0.5) is 4.39 Å². The van der Waals surface area contributed by atoms with Crippen molar-refractivity contribution < 1.29 is 19.1 Å². The second-order valence-electron chi connectivity index (χ2n) is 6.52. The van der Waals surface area contributed by atoms with Crippen molar-refractivity contribution in [2.75, 3.05) is 0 Å². The van der Waals surface area contributed by atoms with Crippen LogP contribution in [0.1, 0.15) is 35.2 Å². The fourth-order valence-electron chi connectivity index (χ4n) is 3.30. The Balaban J connectivity index is 1.77. The van der Waals surface area contributed by atoms with E-state index in [1.165, 1.54) is 12.1 Å². The number of halogens is 1. The minimum Gasteiger partial charge on any atom is -0.481 e. The highest BCUT2D eigenvalue weighted by molar-refractivity contribution is 5.95. The molecule has 1 aliphatic rings. The van der Waals surface area contributed by atoms with Crippen molar-refractivity contribution in [3.63, 3.8) is 0 Å². The highest BCUT2D eigenvalue weighted by Crippen LogP contribution is 2.27. The molecule has 5 heteroatoms. The van der Waals surface area contributed by atoms with Gasteiger partial charge in [-0.3, -0.25) is 9.59 Å². The number of carboxylic acid groups (broad SMARTS) is 1. The number of hydrogen-bond acceptors (Lipinski definition) is 2. The summed E-state index contributed by atoms with van der Waals surface area (Å²) >= 11 is 0. The number of aryl methyl sites for hydroxylation is 1. The van der Waals surface area contributed by atoms with Crippen molar-refractivity contribution in [2.24, 2.45) is 5.92 Å². The first kappa shape index (κ1) is 17.1. The highest BCUT2D eigenvalue weighted by atomic mass is 19.1. The smallest absolute Gasteiger partial charge is 0.308 e. The summed E-state index contributed by atoms with van der Waals surface area (Å²) in [7, 11) is 0. The van der Waals surface area contributed by atoms with Crippen LogP contribution in [0.5, 0.6) is 0 Å². The van der Waals surface area contributed by atoms with Gasteiger partial charge in [-0.25, -0.2) is 4.39 Å². The van der Waals surface area contributed by atoms with Gasteiger partial charge in [-0.15, -0.1) is 0 Å². The monoisotopic (exact) mass is 341 g/mol. The second-order valence-corrected chi connectivity index (χ2v) is 6.52. The lowest BCUT2D eigenvalue weighted by Gasteiger charge is -2.18. The number of aliphatic carboxylic acids is 1. The van der Waals surface area contributed by atoms with Gasteiger partial charge >= 0.3 is 5.97 Å². The van der Waals surface area contributed by atoms with Gasteiger partial charge in [-0.05, 0) is 43.0 Å². The number of amides is 1. The van der Waals surface area contributed by atoms with Gasteiger partial charge in [0, 0.05) is 6.04 Å². The Morgan fingerprint density at radius 2 is 1.76 bits per heavy atom. The first-order chi connectivity index (χ1) is 12.0. The molecule has 2 aromatic carbocycles.